The van der Waals surface area contributed by atoms with Crippen molar-refractivity contribution >= 4 is 65.9 Å². The lowest BCUT2D eigenvalue weighted by Gasteiger charge is -2.34. The number of nitrogens with zero attached hydrogens (tertiary/aromatic N) is 2. The van der Waals surface area contributed by atoms with Gasteiger partial charge in [-0.25, -0.2) is 0 Å². The summed E-state index contributed by atoms with van der Waals surface area (Å²) in [5, 5.41) is 7.01. The predicted molar refractivity (Wildman–Crippen MR) is 205 cm³/mol. The fourth-order valence-electron chi connectivity index (χ4n) is 8.42. The summed E-state index contributed by atoms with van der Waals surface area (Å²) in [6.45, 7) is 0. The highest BCUT2D eigenvalue weighted by Gasteiger charge is 2.40. The quantitative estimate of drug-likeness (QED) is 0.191. The first-order chi connectivity index (χ1) is 24.8. The fraction of sp³-hybridized carbons (Fsp3) is 0.0435. The fourth-order valence-corrected chi connectivity index (χ4v) is 8.42. The number of rotatable bonds is 4. The molecular formula is C46H30N2O2. The Morgan fingerprint density at radius 3 is 2.24 bits per heavy atom. The van der Waals surface area contributed by atoms with E-state index in [-0.39, 0.29) is 12.0 Å². The second-order valence-corrected chi connectivity index (χ2v) is 13.2. The molecule has 7 aromatic carbocycles. The maximum absolute atomic E-state index is 6.91. The average molecular weight is 643 g/mol. The number of aromatic nitrogens is 1. The van der Waals surface area contributed by atoms with E-state index >= 15 is 0 Å². The van der Waals surface area contributed by atoms with E-state index in [1.807, 2.05) is 0 Å². The Kier molecular flexibility index (Phi) is 5.75. The van der Waals surface area contributed by atoms with Crippen molar-refractivity contribution in [2.45, 2.75) is 12.0 Å². The Balaban J connectivity index is 1.25. The zero-order valence-corrected chi connectivity index (χ0v) is 27.0. The number of para-hydroxylation sites is 5. The molecule has 0 saturated heterocycles. The van der Waals surface area contributed by atoms with Gasteiger partial charge in [0.25, 0.3) is 0 Å². The first kappa shape index (κ1) is 27.4. The third-order valence-electron chi connectivity index (χ3n) is 10.5. The molecular weight excluding hydrogens is 613 g/mol. The summed E-state index contributed by atoms with van der Waals surface area (Å²) in [6.07, 6.45) is 6.46. The molecule has 2 aromatic heterocycles. The highest BCUT2D eigenvalue weighted by atomic mass is 16.5. The molecule has 0 spiro atoms. The lowest BCUT2D eigenvalue weighted by molar-refractivity contribution is 0.253. The monoisotopic (exact) mass is 642 g/mol. The van der Waals surface area contributed by atoms with Crippen molar-refractivity contribution in [3.8, 4) is 11.4 Å². The van der Waals surface area contributed by atoms with E-state index in [1.165, 1.54) is 27.1 Å². The van der Waals surface area contributed by atoms with Gasteiger partial charge in [-0.2, -0.15) is 0 Å². The SMILES string of the molecule is C1=CC2c3ccccc3OC2C(N(c2cccc3c2oc2ccc4ccccc4c23)c2cccc3c4ccccc4n(-c4ccccc4)c23)=C1. The van der Waals surface area contributed by atoms with Crippen LogP contribution in [-0.4, -0.2) is 10.7 Å². The Bertz CT molecular complexity index is 2870. The van der Waals surface area contributed by atoms with E-state index in [9.17, 15) is 0 Å². The highest BCUT2D eigenvalue weighted by Crippen LogP contribution is 2.50. The summed E-state index contributed by atoms with van der Waals surface area (Å²) < 4.78 is 16.2. The van der Waals surface area contributed by atoms with Crippen LogP contribution < -0.4 is 9.64 Å². The highest BCUT2D eigenvalue weighted by molar-refractivity contribution is 6.21. The molecule has 4 nitrogen and oxygen atoms in total. The van der Waals surface area contributed by atoms with Crippen LogP contribution in [0.25, 0.3) is 60.2 Å². The van der Waals surface area contributed by atoms with Crippen molar-refractivity contribution in [1.82, 2.24) is 4.57 Å². The van der Waals surface area contributed by atoms with Crippen molar-refractivity contribution in [3.05, 3.63) is 181 Å². The number of hydrogen-bond donors (Lipinski definition) is 0. The van der Waals surface area contributed by atoms with Gasteiger partial charge in [0.2, 0.25) is 0 Å². The van der Waals surface area contributed by atoms with Crippen LogP contribution in [0.4, 0.5) is 11.4 Å². The number of anilines is 2. The molecule has 0 radical (unpaired) electrons. The normalized spacial score (nSPS) is 16.6. The molecule has 236 valence electrons. The molecule has 3 heterocycles. The summed E-state index contributed by atoms with van der Waals surface area (Å²) >= 11 is 0. The number of allylic oxidation sites excluding steroid dienone is 2. The molecule has 1 aliphatic carbocycles. The van der Waals surface area contributed by atoms with Crippen molar-refractivity contribution in [2.24, 2.45) is 0 Å². The molecule has 11 rings (SSSR count). The molecule has 0 amide bonds. The molecule has 1 aliphatic heterocycles. The molecule has 0 saturated carbocycles. The molecule has 2 aliphatic rings. The summed E-state index contributed by atoms with van der Waals surface area (Å²) in [5.74, 6) is 1.02. The van der Waals surface area contributed by atoms with Crippen LogP contribution >= 0.6 is 0 Å². The molecule has 2 atom stereocenters. The maximum Gasteiger partial charge on any atom is 0.159 e. The van der Waals surface area contributed by atoms with E-state index in [0.717, 1.165) is 61.5 Å². The van der Waals surface area contributed by atoms with Gasteiger partial charge in [0.05, 0.1) is 28.1 Å². The van der Waals surface area contributed by atoms with Gasteiger partial charge >= 0.3 is 0 Å². The van der Waals surface area contributed by atoms with Crippen LogP contribution in [0, 0.1) is 0 Å². The van der Waals surface area contributed by atoms with Crippen molar-refractivity contribution in [2.75, 3.05) is 4.90 Å². The van der Waals surface area contributed by atoms with Gasteiger partial charge in [-0.15, -0.1) is 0 Å². The van der Waals surface area contributed by atoms with Gasteiger partial charge in [0.1, 0.15) is 17.4 Å². The summed E-state index contributed by atoms with van der Waals surface area (Å²) in [6, 6.07) is 53.8. The van der Waals surface area contributed by atoms with E-state index in [4.69, 9.17) is 9.15 Å². The largest absolute Gasteiger partial charge is 0.483 e. The number of hydrogen-bond acceptors (Lipinski definition) is 3. The minimum Gasteiger partial charge on any atom is -0.483 e. The third kappa shape index (κ3) is 3.81. The smallest absolute Gasteiger partial charge is 0.159 e. The van der Waals surface area contributed by atoms with E-state index in [0.29, 0.717) is 0 Å². The minimum absolute atomic E-state index is 0.0895. The lowest BCUT2D eigenvalue weighted by Crippen LogP contribution is -2.33. The Hall–Kier alpha value is -6.52. The number of fused-ring (bicyclic) bond motifs is 11. The van der Waals surface area contributed by atoms with Gasteiger partial charge < -0.3 is 18.6 Å². The molecule has 0 bridgehead atoms. The van der Waals surface area contributed by atoms with E-state index in [1.54, 1.807) is 0 Å². The van der Waals surface area contributed by atoms with Crippen LogP contribution in [0.2, 0.25) is 0 Å². The third-order valence-corrected chi connectivity index (χ3v) is 10.5. The van der Waals surface area contributed by atoms with Crippen LogP contribution in [0.5, 0.6) is 5.75 Å². The predicted octanol–water partition coefficient (Wildman–Crippen LogP) is 12.0. The first-order valence-electron chi connectivity index (χ1n) is 17.2. The topological polar surface area (TPSA) is 30.5 Å². The second-order valence-electron chi connectivity index (χ2n) is 13.2. The van der Waals surface area contributed by atoms with Gasteiger partial charge in [0, 0.05) is 38.7 Å². The van der Waals surface area contributed by atoms with Crippen LogP contribution in [0.15, 0.2) is 180 Å². The number of ether oxygens (including phenoxy) is 1. The van der Waals surface area contributed by atoms with Crippen LogP contribution in [0.3, 0.4) is 0 Å². The van der Waals surface area contributed by atoms with Gasteiger partial charge in [-0.05, 0) is 59.3 Å². The molecule has 9 aromatic rings. The zero-order chi connectivity index (χ0) is 32.8. The molecule has 50 heavy (non-hydrogen) atoms. The standard InChI is InChI=1S/C46H30N2O2/c1-2-14-30(15-3-1)47-37-22-8-6-17-32(37)34-19-10-23-38(44(34)47)48(39-24-11-20-35-33-18-7-9-26-41(33)49-45(35)39)40-25-12-21-36-43-31-16-5-4-13-29(31)27-28-42(43)50-46(36)40/h1-28,35,45H. The Morgan fingerprint density at radius 2 is 1.32 bits per heavy atom. The van der Waals surface area contributed by atoms with E-state index in [2.05, 4.69) is 179 Å². The minimum atomic E-state index is -0.220. The summed E-state index contributed by atoms with van der Waals surface area (Å²) in [7, 11) is 0. The van der Waals surface area contributed by atoms with Gasteiger partial charge in [-0.3, -0.25) is 0 Å². The zero-order valence-electron chi connectivity index (χ0n) is 27.0. The molecule has 4 heteroatoms. The van der Waals surface area contributed by atoms with Crippen LogP contribution in [0.1, 0.15) is 11.5 Å². The maximum atomic E-state index is 6.91. The van der Waals surface area contributed by atoms with Crippen molar-refractivity contribution < 1.29 is 9.15 Å². The summed E-state index contributed by atoms with van der Waals surface area (Å²) in [5.41, 5.74) is 9.42. The number of furan rings is 1. The van der Waals surface area contributed by atoms with Gasteiger partial charge in [0.15, 0.2) is 5.58 Å². The van der Waals surface area contributed by atoms with Crippen LogP contribution in [-0.2, 0) is 0 Å². The first-order valence-corrected chi connectivity index (χ1v) is 17.2. The lowest BCUT2D eigenvalue weighted by atomic mass is 9.89. The average Bonchev–Trinajstić information content (AvgIpc) is 3.86. The Morgan fingerprint density at radius 1 is 0.580 bits per heavy atom. The van der Waals surface area contributed by atoms with Crippen molar-refractivity contribution in [3.63, 3.8) is 0 Å². The molecule has 2 unspecified atom stereocenters. The molecule has 0 N–H and O–H groups in total. The summed E-state index contributed by atoms with van der Waals surface area (Å²) in [4.78, 5) is 2.40. The second kappa shape index (κ2) is 10.5. The number of benzene rings is 7. The van der Waals surface area contributed by atoms with Crippen molar-refractivity contribution in [1.29, 1.82) is 0 Å². The Labute approximate surface area is 288 Å². The molecule has 0 fully saturated rings. The van der Waals surface area contributed by atoms with E-state index < -0.39 is 0 Å². The van der Waals surface area contributed by atoms with Gasteiger partial charge in [-0.1, -0.05) is 121 Å².